The Morgan fingerprint density at radius 3 is 2.76 bits per heavy atom. The number of carbonyl (C=O) groups is 1. The molecule has 0 spiro atoms. The minimum atomic E-state index is 0.0369. The number of amides is 1. The zero-order valence-corrected chi connectivity index (χ0v) is 13.2. The van der Waals surface area contributed by atoms with Crippen molar-refractivity contribution in [2.75, 3.05) is 6.54 Å². The van der Waals surface area contributed by atoms with Gasteiger partial charge in [0.2, 0.25) is 5.91 Å². The van der Waals surface area contributed by atoms with Crippen molar-refractivity contribution in [1.29, 1.82) is 0 Å². The molecule has 1 aromatic heterocycles. The third kappa shape index (κ3) is 4.01. The van der Waals surface area contributed by atoms with E-state index in [9.17, 15) is 4.79 Å². The molecule has 0 aliphatic heterocycles. The highest BCUT2D eigenvalue weighted by Gasteiger charge is 2.10. The quantitative estimate of drug-likeness (QED) is 0.807. The Labute approximate surface area is 129 Å². The second kappa shape index (κ2) is 7.17. The number of benzene rings is 1. The van der Waals surface area contributed by atoms with E-state index in [0.29, 0.717) is 24.3 Å². The molecule has 0 atom stereocenters. The molecule has 0 saturated carbocycles. The van der Waals surface area contributed by atoms with E-state index in [1.807, 2.05) is 42.7 Å². The lowest BCUT2D eigenvalue weighted by molar-refractivity contribution is -0.121. The summed E-state index contributed by atoms with van der Waals surface area (Å²) in [6, 6.07) is 8.08. The van der Waals surface area contributed by atoms with E-state index in [1.165, 1.54) is 5.56 Å². The van der Waals surface area contributed by atoms with E-state index < -0.39 is 0 Å². The molecule has 0 radical (unpaired) electrons. The van der Waals surface area contributed by atoms with Crippen molar-refractivity contribution in [3.05, 3.63) is 34.6 Å². The molecule has 5 nitrogen and oxygen atoms in total. The second-order valence-electron chi connectivity index (χ2n) is 4.97. The van der Waals surface area contributed by atoms with E-state index >= 15 is 0 Å². The summed E-state index contributed by atoms with van der Waals surface area (Å²) in [7, 11) is 0. The first-order valence-corrected chi connectivity index (χ1v) is 7.51. The van der Waals surface area contributed by atoms with Crippen LogP contribution in [0.2, 0.25) is 0 Å². The first-order chi connectivity index (χ1) is 10.1. The van der Waals surface area contributed by atoms with Gasteiger partial charge in [0.1, 0.15) is 0 Å². The highest BCUT2D eigenvalue weighted by atomic mass is 32.1. The molecule has 2 N–H and O–H groups in total. The van der Waals surface area contributed by atoms with E-state index in [0.717, 1.165) is 17.8 Å². The monoisotopic (exact) mass is 304 g/mol. The molecule has 6 heteroatoms. The van der Waals surface area contributed by atoms with Gasteiger partial charge in [-0.25, -0.2) is 0 Å². The van der Waals surface area contributed by atoms with Crippen LogP contribution in [0, 0.1) is 11.7 Å². The fourth-order valence-electron chi connectivity index (χ4n) is 2.01. The molecule has 1 heterocycles. The average Bonchev–Trinajstić information content (AvgIpc) is 2.85. The fourth-order valence-corrected chi connectivity index (χ4v) is 2.24. The van der Waals surface area contributed by atoms with Gasteiger partial charge in [0, 0.05) is 25.1 Å². The molecule has 2 aromatic rings. The minimum absolute atomic E-state index is 0.0369. The minimum Gasteiger partial charge on any atom is -0.356 e. The van der Waals surface area contributed by atoms with Crippen LogP contribution in [0.5, 0.6) is 0 Å². The van der Waals surface area contributed by atoms with Gasteiger partial charge in [0.05, 0.1) is 0 Å². The number of rotatable bonds is 6. The maximum absolute atomic E-state index is 11.7. The molecule has 0 saturated heterocycles. The van der Waals surface area contributed by atoms with E-state index in [2.05, 4.69) is 15.5 Å². The van der Waals surface area contributed by atoms with Gasteiger partial charge in [-0.15, -0.1) is 0 Å². The summed E-state index contributed by atoms with van der Waals surface area (Å²) in [5.41, 5.74) is 2.18. The van der Waals surface area contributed by atoms with Crippen LogP contribution in [0.1, 0.15) is 25.3 Å². The first-order valence-electron chi connectivity index (χ1n) is 7.10. The van der Waals surface area contributed by atoms with Gasteiger partial charge in [-0.3, -0.25) is 14.5 Å². The topological polar surface area (TPSA) is 62.7 Å². The van der Waals surface area contributed by atoms with Crippen molar-refractivity contribution in [1.82, 2.24) is 20.1 Å². The fraction of sp³-hybridized carbons (Fsp3) is 0.400. The number of H-pyrrole nitrogens is 1. The third-order valence-electron chi connectivity index (χ3n) is 3.20. The number of aryl methyl sites for hydroxylation is 1. The van der Waals surface area contributed by atoms with Crippen molar-refractivity contribution in [3.8, 4) is 11.4 Å². The molecular formula is C15H20N4OS. The molecule has 1 amide bonds. The molecule has 0 aliphatic rings. The number of hydrogen-bond acceptors (Lipinski definition) is 3. The van der Waals surface area contributed by atoms with Gasteiger partial charge in [-0.05, 0) is 25.6 Å². The number of carbonyl (C=O) groups excluding carboxylic acids is 1. The smallest absolute Gasteiger partial charge is 0.221 e. The Morgan fingerprint density at radius 1 is 1.38 bits per heavy atom. The van der Waals surface area contributed by atoms with E-state index in [-0.39, 0.29) is 5.91 Å². The van der Waals surface area contributed by atoms with Gasteiger partial charge in [-0.2, -0.15) is 5.10 Å². The summed E-state index contributed by atoms with van der Waals surface area (Å²) in [6.07, 6.45) is 1.33. The molecular weight excluding hydrogens is 284 g/mol. The predicted molar refractivity (Wildman–Crippen MR) is 85.5 cm³/mol. The van der Waals surface area contributed by atoms with Crippen molar-refractivity contribution in [2.24, 2.45) is 0 Å². The van der Waals surface area contributed by atoms with Crippen molar-refractivity contribution in [3.63, 3.8) is 0 Å². The molecule has 1 aromatic carbocycles. The van der Waals surface area contributed by atoms with Crippen molar-refractivity contribution in [2.45, 2.75) is 33.2 Å². The van der Waals surface area contributed by atoms with Crippen LogP contribution in [0.25, 0.3) is 11.4 Å². The van der Waals surface area contributed by atoms with Gasteiger partial charge in [-0.1, -0.05) is 36.8 Å². The summed E-state index contributed by atoms with van der Waals surface area (Å²) < 4.78 is 2.40. The second-order valence-corrected chi connectivity index (χ2v) is 5.36. The van der Waals surface area contributed by atoms with Gasteiger partial charge >= 0.3 is 0 Å². The van der Waals surface area contributed by atoms with Crippen LogP contribution >= 0.6 is 12.2 Å². The highest BCUT2D eigenvalue weighted by Crippen LogP contribution is 2.18. The third-order valence-corrected chi connectivity index (χ3v) is 3.51. The molecule has 0 bridgehead atoms. The van der Waals surface area contributed by atoms with Crippen LogP contribution < -0.4 is 5.32 Å². The van der Waals surface area contributed by atoms with Crippen molar-refractivity contribution < 1.29 is 4.79 Å². The lowest BCUT2D eigenvalue weighted by atomic mass is 10.1. The van der Waals surface area contributed by atoms with Crippen LogP contribution in [0.4, 0.5) is 0 Å². The van der Waals surface area contributed by atoms with Gasteiger partial charge in [0.25, 0.3) is 0 Å². The Bertz CT molecular complexity index is 657. The number of hydrogen-bond donors (Lipinski definition) is 2. The summed E-state index contributed by atoms with van der Waals surface area (Å²) in [6.45, 7) is 5.30. The average molecular weight is 304 g/mol. The summed E-state index contributed by atoms with van der Waals surface area (Å²) in [5, 5.41) is 9.94. The molecule has 21 heavy (non-hydrogen) atoms. The molecule has 0 fully saturated rings. The summed E-state index contributed by atoms with van der Waals surface area (Å²) in [4.78, 5) is 11.7. The van der Waals surface area contributed by atoms with Gasteiger partial charge in [0.15, 0.2) is 10.6 Å². The zero-order chi connectivity index (χ0) is 15.2. The van der Waals surface area contributed by atoms with Crippen LogP contribution in [0.3, 0.4) is 0 Å². The lowest BCUT2D eigenvalue weighted by Crippen LogP contribution is -2.25. The standard InChI is InChI=1S/C15H20N4OS/c1-3-9-16-13(20)8-10-19-14(17-18-15(19)21)12-6-4-11(2)5-7-12/h4-7H,3,8-10H2,1-2H3,(H,16,20)(H,18,21). The normalized spacial score (nSPS) is 10.6. The Morgan fingerprint density at radius 2 is 2.10 bits per heavy atom. The van der Waals surface area contributed by atoms with Crippen LogP contribution in [0.15, 0.2) is 24.3 Å². The largest absolute Gasteiger partial charge is 0.356 e. The number of aromatic amines is 1. The predicted octanol–water partition coefficient (Wildman–Crippen LogP) is 2.83. The lowest BCUT2D eigenvalue weighted by Gasteiger charge is -2.07. The first kappa shape index (κ1) is 15.4. The highest BCUT2D eigenvalue weighted by molar-refractivity contribution is 7.71. The number of nitrogens with zero attached hydrogens (tertiary/aromatic N) is 2. The maximum Gasteiger partial charge on any atom is 0.221 e. The molecule has 0 unspecified atom stereocenters. The molecule has 2 rings (SSSR count). The van der Waals surface area contributed by atoms with Gasteiger partial charge < -0.3 is 5.32 Å². The van der Waals surface area contributed by atoms with E-state index in [1.54, 1.807) is 0 Å². The Kier molecular flexibility index (Phi) is 5.27. The Balaban J connectivity index is 2.13. The zero-order valence-electron chi connectivity index (χ0n) is 12.3. The van der Waals surface area contributed by atoms with Crippen molar-refractivity contribution >= 4 is 18.1 Å². The summed E-state index contributed by atoms with van der Waals surface area (Å²) in [5.74, 6) is 0.804. The molecule has 0 aliphatic carbocycles. The maximum atomic E-state index is 11.7. The molecule has 112 valence electrons. The van der Waals surface area contributed by atoms with Crippen LogP contribution in [-0.2, 0) is 11.3 Å². The van der Waals surface area contributed by atoms with Crippen LogP contribution in [-0.4, -0.2) is 27.2 Å². The Hall–Kier alpha value is -1.95. The number of nitrogens with one attached hydrogen (secondary N) is 2. The SMILES string of the molecule is CCCNC(=O)CCn1c(-c2ccc(C)cc2)n[nH]c1=S. The summed E-state index contributed by atoms with van der Waals surface area (Å²) >= 11 is 5.25. The number of aromatic nitrogens is 3. The van der Waals surface area contributed by atoms with E-state index in [4.69, 9.17) is 12.2 Å².